The lowest BCUT2D eigenvalue weighted by Gasteiger charge is -2.19. The first-order valence-corrected chi connectivity index (χ1v) is 7.00. The van der Waals surface area contributed by atoms with Gasteiger partial charge in [0, 0.05) is 6.04 Å². The summed E-state index contributed by atoms with van der Waals surface area (Å²) in [5.41, 5.74) is 0.108. The fourth-order valence-corrected chi connectivity index (χ4v) is 2.47. The Balaban J connectivity index is 2.01. The molecule has 20 heavy (non-hydrogen) atoms. The van der Waals surface area contributed by atoms with Crippen LogP contribution in [0.3, 0.4) is 0 Å². The topological polar surface area (TPSA) is 41.1 Å². The molecule has 110 valence electrons. The second-order valence-corrected chi connectivity index (χ2v) is 5.41. The Morgan fingerprint density at radius 2 is 1.95 bits per heavy atom. The van der Waals surface area contributed by atoms with Gasteiger partial charge in [0.1, 0.15) is 17.5 Å². The van der Waals surface area contributed by atoms with E-state index in [0.717, 1.165) is 25.7 Å². The Morgan fingerprint density at radius 3 is 2.60 bits per heavy atom. The molecule has 0 aromatic heterocycles. The van der Waals surface area contributed by atoms with Gasteiger partial charge in [-0.1, -0.05) is 18.9 Å². The van der Waals surface area contributed by atoms with Crippen LogP contribution in [0, 0.1) is 18.6 Å². The molecule has 1 aromatic rings. The summed E-state index contributed by atoms with van der Waals surface area (Å²) < 4.78 is 27.5. The van der Waals surface area contributed by atoms with Gasteiger partial charge in [0.15, 0.2) is 5.82 Å². The maximum absolute atomic E-state index is 13.9. The van der Waals surface area contributed by atoms with E-state index in [2.05, 4.69) is 10.6 Å². The highest BCUT2D eigenvalue weighted by Crippen LogP contribution is 2.23. The van der Waals surface area contributed by atoms with Gasteiger partial charge >= 0.3 is 0 Å². The minimum absolute atomic E-state index is 0.193. The van der Waals surface area contributed by atoms with Crippen molar-refractivity contribution in [3.8, 4) is 0 Å². The molecule has 3 nitrogen and oxygen atoms in total. The molecule has 2 N–H and O–H groups in total. The number of benzene rings is 1. The van der Waals surface area contributed by atoms with Crippen molar-refractivity contribution in [2.24, 2.45) is 0 Å². The molecule has 0 spiro atoms. The summed E-state index contributed by atoms with van der Waals surface area (Å²) in [6, 6.07) is 2.09. The second kappa shape index (κ2) is 6.20. The fraction of sp³-hybridized carbons (Fsp3) is 0.533. The molecule has 1 aromatic carbocycles. The van der Waals surface area contributed by atoms with E-state index in [4.69, 9.17) is 0 Å². The van der Waals surface area contributed by atoms with Crippen LogP contribution in [0.15, 0.2) is 12.1 Å². The fourth-order valence-electron chi connectivity index (χ4n) is 2.47. The standard InChI is InChI=1S/C15H20F2N2O/c1-9-7-8-12(16)14(13(9)17)18-10(2)15(20)19-11-5-3-4-6-11/h7-8,10-11,18H,3-6H2,1-2H3,(H,19,20). The molecule has 0 bridgehead atoms. The Bertz CT molecular complexity index is 499. The van der Waals surface area contributed by atoms with E-state index < -0.39 is 17.7 Å². The van der Waals surface area contributed by atoms with Crippen LogP contribution in [0.1, 0.15) is 38.2 Å². The first kappa shape index (κ1) is 14.8. The van der Waals surface area contributed by atoms with Crippen LogP contribution in [0.2, 0.25) is 0 Å². The number of anilines is 1. The third kappa shape index (κ3) is 3.26. The molecule has 1 aliphatic carbocycles. The summed E-state index contributed by atoms with van der Waals surface area (Å²) in [5, 5.41) is 5.54. The molecule has 0 saturated heterocycles. The van der Waals surface area contributed by atoms with Gasteiger partial charge in [0.25, 0.3) is 0 Å². The van der Waals surface area contributed by atoms with Crippen LogP contribution in [0.4, 0.5) is 14.5 Å². The molecule has 1 fully saturated rings. The third-order valence-electron chi connectivity index (χ3n) is 3.74. The van der Waals surface area contributed by atoms with Gasteiger partial charge in [0.2, 0.25) is 5.91 Å². The first-order chi connectivity index (χ1) is 9.49. The number of halogens is 2. The molecular weight excluding hydrogens is 262 g/mol. The Hall–Kier alpha value is -1.65. The molecular formula is C15H20F2N2O. The first-order valence-electron chi connectivity index (χ1n) is 7.00. The molecule has 0 heterocycles. The SMILES string of the molecule is Cc1ccc(F)c(NC(C)C(=O)NC2CCCC2)c1F. The second-order valence-electron chi connectivity index (χ2n) is 5.41. The number of carbonyl (C=O) groups is 1. The summed E-state index contributed by atoms with van der Waals surface area (Å²) in [7, 11) is 0. The number of hydrogen-bond acceptors (Lipinski definition) is 2. The van der Waals surface area contributed by atoms with Gasteiger partial charge in [-0.25, -0.2) is 8.78 Å². The number of rotatable bonds is 4. The molecule has 1 unspecified atom stereocenters. The van der Waals surface area contributed by atoms with Crippen molar-refractivity contribution >= 4 is 11.6 Å². The van der Waals surface area contributed by atoms with Crippen molar-refractivity contribution in [1.82, 2.24) is 5.32 Å². The average Bonchev–Trinajstić information content (AvgIpc) is 2.91. The summed E-state index contributed by atoms with van der Waals surface area (Å²) in [6.45, 7) is 3.16. The van der Waals surface area contributed by atoms with Crippen molar-refractivity contribution in [2.75, 3.05) is 5.32 Å². The molecule has 1 amide bonds. The highest BCUT2D eigenvalue weighted by atomic mass is 19.1. The van der Waals surface area contributed by atoms with Gasteiger partial charge in [-0.3, -0.25) is 4.79 Å². The quantitative estimate of drug-likeness (QED) is 0.890. The highest BCUT2D eigenvalue weighted by molar-refractivity contribution is 5.84. The van der Waals surface area contributed by atoms with Crippen LogP contribution in [-0.2, 0) is 4.79 Å². The summed E-state index contributed by atoms with van der Waals surface area (Å²) in [6.07, 6.45) is 4.19. The van der Waals surface area contributed by atoms with Crippen molar-refractivity contribution in [1.29, 1.82) is 0 Å². The number of hydrogen-bond donors (Lipinski definition) is 2. The predicted molar refractivity (Wildman–Crippen MR) is 74.6 cm³/mol. The smallest absolute Gasteiger partial charge is 0.242 e. The zero-order valence-corrected chi connectivity index (χ0v) is 11.8. The number of nitrogens with one attached hydrogen (secondary N) is 2. The lowest BCUT2D eigenvalue weighted by molar-refractivity contribution is -0.122. The lowest BCUT2D eigenvalue weighted by Crippen LogP contribution is -2.42. The van der Waals surface area contributed by atoms with E-state index >= 15 is 0 Å². The van der Waals surface area contributed by atoms with E-state index in [1.54, 1.807) is 13.8 Å². The summed E-state index contributed by atoms with van der Waals surface area (Å²) in [4.78, 5) is 12.0. The third-order valence-corrected chi connectivity index (χ3v) is 3.74. The van der Waals surface area contributed by atoms with Crippen LogP contribution >= 0.6 is 0 Å². The minimum Gasteiger partial charge on any atom is -0.369 e. The molecule has 5 heteroatoms. The van der Waals surface area contributed by atoms with E-state index in [0.29, 0.717) is 5.56 Å². The summed E-state index contributed by atoms with van der Waals surface area (Å²) >= 11 is 0. The predicted octanol–water partition coefficient (Wildman–Crippen LogP) is 3.13. The summed E-state index contributed by atoms with van der Waals surface area (Å²) in [5.74, 6) is -1.56. The van der Waals surface area contributed by atoms with Crippen molar-refractivity contribution in [3.63, 3.8) is 0 Å². The number of amides is 1. The van der Waals surface area contributed by atoms with Crippen LogP contribution < -0.4 is 10.6 Å². The zero-order chi connectivity index (χ0) is 14.7. The van der Waals surface area contributed by atoms with Gasteiger partial charge in [-0.2, -0.15) is 0 Å². The molecule has 0 aliphatic heterocycles. The van der Waals surface area contributed by atoms with E-state index in [1.165, 1.54) is 12.1 Å². The van der Waals surface area contributed by atoms with Gasteiger partial charge in [-0.15, -0.1) is 0 Å². The lowest BCUT2D eigenvalue weighted by atomic mass is 10.1. The number of aryl methyl sites for hydroxylation is 1. The van der Waals surface area contributed by atoms with Crippen molar-refractivity contribution in [3.05, 3.63) is 29.3 Å². The highest BCUT2D eigenvalue weighted by Gasteiger charge is 2.22. The number of carbonyl (C=O) groups excluding carboxylic acids is 1. The van der Waals surface area contributed by atoms with E-state index in [9.17, 15) is 13.6 Å². The average molecular weight is 282 g/mol. The Labute approximate surface area is 117 Å². The van der Waals surface area contributed by atoms with E-state index in [1.807, 2.05) is 0 Å². The largest absolute Gasteiger partial charge is 0.369 e. The maximum atomic E-state index is 13.9. The van der Waals surface area contributed by atoms with E-state index in [-0.39, 0.29) is 17.6 Å². The normalized spacial score (nSPS) is 17.0. The van der Waals surface area contributed by atoms with Crippen molar-refractivity contribution in [2.45, 2.75) is 51.6 Å². The molecule has 1 aliphatic rings. The van der Waals surface area contributed by atoms with Gasteiger partial charge in [0.05, 0.1) is 0 Å². The molecule has 0 radical (unpaired) electrons. The van der Waals surface area contributed by atoms with Gasteiger partial charge < -0.3 is 10.6 Å². The van der Waals surface area contributed by atoms with Gasteiger partial charge in [-0.05, 0) is 38.3 Å². The van der Waals surface area contributed by atoms with Crippen LogP contribution in [-0.4, -0.2) is 18.0 Å². The maximum Gasteiger partial charge on any atom is 0.242 e. The Kier molecular flexibility index (Phi) is 4.57. The molecule has 1 atom stereocenters. The Morgan fingerprint density at radius 1 is 1.30 bits per heavy atom. The van der Waals surface area contributed by atoms with Crippen molar-refractivity contribution < 1.29 is 13.6 Å². The molecule has 1 saturated carbocycles. The molecule has 2 rings (SSSR count). The zero-order valence-electron chi connectivity index (χ0n) is 11.8. The van der Waals surface area contributed by atoms with Crippen LogP contribution in [0.25, 0.3) is 0 Å². The monoisotopic (exact) mass is 282 g/mol. The minimum atomic E-state index is -0.686. The van der Waals surface area contributed by atoms with Crippen LogP contribution in [0.5, 0.6) is 0 Å².